The molecule has 70 valence electrons. The van der Waals surface area contributed by atoms with Crippen LogP contribution in [0, 0.1) is 0 Å². The molecule has 0 unspecified atom stereocenters. The van der Waals surface area contributed by atoms with Gasteiger partial charge in [-0.25, -0.2) is 0 Å². The summed E-state index contributed by atoms with van der Waals surface area (Å²) in [7, 11) is 2.97. The van der Waals surface area contributed by atoms with Gasteiger partial charge < -0.3 is 19.7 Å². The SMILES string of the molecule is CO[C@H]1C=C[C@@H](OC)[C@H](O)[C@H]1O. The average molecular weight is 174 g/mol. The number of hydrogen-bond donors (Lipinski definition) is 2. The molecule has 4 atom stereocenters. The Hall–Kier alpha value is -0.420. The number of methoxy groups -OCH3 is 2. The molecule has 0 amide bonds. The van der Waals surface area contributed by atoms with Crippen molar-refractivity contribution in [3.8, 4) is 0 Å². The van der Waals surface area contributed by atoms with E-state index < -0.39 is 24.4 Å². The molecule has 0 aliphatic heterocycles. The Bertz CT molecular complexity index is 150. The lowest BCUT2D eigenvalue weighted by molar-refractivity contribution is -0.106. The van der Waals surface area contributed by atoms with E-state index in [0.717, 1.165) is 0 Å². The van der Waals surface area contributed by atoms with E-state index in [9.17, 15) is 10.2 Å². The van der Waals surface area contributed by atoms with Crippen molar-refractivity contribution in [1.29, 1.82) is 0 Å². The normalized spacial score (nSPS) is 41.7. The van der Waals surface area contributed by atoms with E-state index in [-0.39, 0.29) is 0 Å². The van der Waals surface area contributed by atoms with Crippen molar-refractivity contribution in [2.75, 3.05) is 14.2 Å². The van der Waals surface area contributed by atoms with Crippen LogP contribution in [0.15, 0.2) is 12.2 Å². The monoisotopic (exact) mass is 174 g/mol. The summed E-state index contributed by atoms with van der Waals surface area (Å²) in [6.45, 7) is 0. The van der Waals surface area contributed by atoms with Crippen LogP contribution in [-0.4, -0.2) is 48.8 Å². The number of aliphatic hydroxyl groups excluding tert-OH is 2. The van der Waals surface area contributed by atoms with Gasteiger partial charge in [0.2, 0.25) is 0 Å². The first-order chi connectivity index (χ1) is 5.70. The van der Waals surface area contributed by atoms with Gasteiger partial charge in [0.05, 0.1) is 0 Å². The van der Waals surface area contributed by atoms with Crippen molar-refractivity contribution in [1.82, 2.24) is 0 Å². The highest BCUT2D eigenvalue weighted by Gasteiger charge is 2.33. The van der Waals surface area contributed by atoms with Crippen LogP contribution in [0.25, 0.3) is 0 Å². The van der Waals surface area contributed by atoms with Crippen LogP contribution < -0.4 is 0 Å². The van der Waals surface area contributed by atoms with Gasteiger partial charge in [-0.1, -0.05) is 12.2 Å². The lowest BCUT2D eigenvalue weighted by Gasteiger charge is -2.31. The Kier molecular flexibility index (Phi) is 3.22. The molecular formula is C8H14O4. The number of aliphatic hydroxyl groups is 2. The summed E-state index contributed by atoms with van der Waals surface area (Å²) in [5.74, 6) is 0. The molecule has 0 aromatic rings. The van der Waals surface area contributed by atoms with Crippen LogP contribution in [0.3, 0.4) is 0 Å². The van der Waals surface area contributed by atoms with Crippen molar-refractivity contribution in [3.63, 3.8) is 0 Å². The zero-order chi connectivity index (χ0) is 9.14. The van der Waals surface area contributed by atoms with Gasteiger partial charge in [-0.3, -0.25) is 0 Å². The fraction of sp³-hybridized carbons (Fsp3) is 0.750. The summed E-state index contributed by atoms with van der Waals surface area (Å²) >= 11 is 0. The molecule has 0 fully saturated rings. The Morgan fingerprint density at radius 1 is 0.917 bits per heavy atom. The molecule has 0 heterocycles. The molecule has 1 aliphatic carbocycles. The first-order valence-electron chi connectivity index (χ1n) is 3.80. The van der Waals surface area contributed by atoms with Gasteiger partial charge in [0.25, 0.3) is 0 Å². The molecule has 0 aromatic carbocycles. The second kappa shape index (κ2) is 4.00. The number of rotatable bonds is 2. The fourth-order valence-electron chi connectivity index (χ4n) is 1.27. The third-order valence-electron chi connectivity index (χ3n) is 2.06. The van der Waals surface area contributed by atoms with E-state index in [1.807, 2.05) is 0 Å². The second-order valence-electron chi connectivity index (χ2n) is 2.77. The molecule has 0 saturated carbocycles. The minimum absolute atomic E-state index is 0.439. The fourth-order valence-corrected chi connectivity index (χ4v) is 1.27. The molecule has 0 saturated heterocycles. The predicted octanol–water partition coefficient (Wildman–Crippen LogP) is -0.692. The molecule has 4 heteroatoms. The number of hydrogen-bond acceptors (Lipinski definition) is 4. The Labute approximate surface area is 71.4 Å². The molecule has 0 radical (unpaired) electrons. The van der Waals surface area contributed by atoms with Gasteiger partial charge in [-0.05, 0) is 0 Å². The van der Waals surface area contributed by atoms with E-state index >= 15 is 0 Å². The molecule has 0 aromatic heterocycles. The molecule has 0 bridgehead atoms. The molecule has 1 aliphatic rings. The first kappa shape index (κ1) is 9.67. The van der Waals surface area contributed by atoms with Gasteiger partial charge >= 0.3 is 0 Å². The third-order valence-corrected chi connectivity index (χ3v) is 2.06. The summed E-state index contributed by atoms with van der Waals surface area (Å²) in [5.41, 5.74) is 0. The van der Waals surface area contributed by atoms with Crippen molar-refractivity contribution in [2.45, 2.75) is 24.4 Å². The van der Waals surface area contributed by atoms with E-state index in [1.165, 1.54) is 14.2 Å². The smallest absolute Gasteiger partial charge is 0.112 e. The van der Waals surface area contributed by atoms with E-state index in [0.29, 0.717) is 0 Å². The highest BCUT2D eigenvalue weighted by Crippen LogP contribution is 2.17. The minimum Gasteiger partial charge on any atom is -0.387 e. The summed E-state index contributed by atoms with van der Waals surface area (Å²) in [6.07, 6.45) is 0.671. The second-order valence-corrected chi connectivity index (χ2v) is 2.77. The largest absolute Gasteiger partial charge is 0.387 e. The molecule has 0 spiro atoms. The Morgan fingerprint density at radius 2 is 1.25 bits per heavy atom. The maximum Gasteiger partial charge on any atom is 0.112 e. The average Bonchev–Trinajstić information content (AvgIpc) is 2.10. The lowest BCUT2D eigenvalue weighted by atomic mass is 9.96. The maximum absolute atomic E-state index is 9.43. The van der Waals surface area contributed by atoms with Crippen LogP contribution in [0.5, 0.6) is 0 Å². The van der Waals surface area contributed by atoms with E-state index in [4.69, 9.17) is 9.47 Å². The van der Waals surface area contributed by atoms with Crippen molar-refractivity contribution in [2.24, 2.45) is 0 Å². The minimum atomic E-state index is -0.912. The van der Waals surface area contributed by atoms with Gasteiger partial charge in [-0.2, -0.15) is 0 Å². The van der Waals surface area contributed by atoms with Crippen LogP contribution in [0.2, 0.25) is 0 Å². The molecule has 12 heavy (non-hydrogen) atoms. The molecule has 2 N–H and O–H groups in total. The van der Waals surface area contributed by atoms with Crippen LogP contribution in [0.4, 0.5) is 0 Å². The maximum atomic E-state index is 9.43. The zero-order valence-electron chi connectivity index (χ0n) is 7.18. The van der Waals surface area contributed by atoms with Gasteiger partial charge in [0.1, 0.15) is 24.4 Å². The Morgan fingerprint density at radius 3 is 1.50 bits per heavy atom. The van der Waals surface area contributed by atoms with Gasteiger partial charge in [0.15, 0.2) is 0 Å². The first-order valence-corrected chi connectivity index (χ1v) is 3.80. The quantitative estimate of drug-likeness (QED) is 0.544. The standard InChI is InChI=1S/C8H14O4/c1-11-5-3-4-6(12-2)8(10)7(5)9/h3-10H,1-2H3/t5-,6+,7-,8-/m0/s1. The summed E-state index contributed by atoms with van der Waals surface area (Å²) < 4.78 is 9.83. The van der Waals surface area contributed by atoms with Crippen LogP contribution in [0.1, 0.15) is 0 Å². The van der Waals surface area contributed by atoms with Crippen LogP contribution >= 0.6 is 0 Å². The lowest BCUT2D eigenvalue weighted by Crippen LogP contribution is -2.47. The van der Waals surface area contributed by atoms with Gasteiger partial charge in [0, 0.05) is 14.2 Å². The molecule has 1 rings (SSSR count). The van der Waals surface area contributed by atoms with E-state index in [2.05, 4.69) is 0 Å². The van der Waals surface area contributed by atoms with E-state index in [1.54, 1.807) is 12.2 Å². The van der Waals surface area contributed by atoms with Crippen molar-refractivity contribution >= 4 is 0 Å². The highest BCUT2D eigenvalue weighted by atomic mass is 16.5. The van der Waals surface area contributed by atoms with Crippen LogP contribution in [-0.2, 0) is 9.47 Å². The summed E-state index contributed by atoms with van der Waals surface area (Å²) in [5, 5.41) is 18.9. The van der Waals surface area contributed by atoms with Crippen molar-refractivity contribution in [3.05, 3.63) is 12.2 Å². The van der Waals surface area contributed by atoms with Gasteiger partial charge in [-0.15, -0.1) is 0 Å². The Balaban J connectivity index is 2.68. The summed E-state index contributed by atoms with van der Waals surface area (Å²) in [6, 6.07) is 0. The van der Waals surface area contributed by atoms with Crippen molar-refractivity contribution < 1.29 is 19.7 Å². The summed E-state index contributed by atoms with van der Waals surface area (Å²) in [4.78, 5) is 0. The highest BCUT2D eigenvalue weighted by molar-refractivity contribution is 5.08. The zero-order valence-corrected chi connectivity index (χ0v) is 7.18. The number of ether oxygens (including phenoxy) is 2. The topological polar surface area (TPSA) is 58.9 Å². The molecular weight excluding hydrogens is 160 g/mol. The molecule has 4 nitrogen and oxygen atoms in total. The predicted molar refractivity (Wildman–Crippen MR) is 42.7 cm³/mol. The third kappa shape index (κ3) is 1.67.